The molecule has 0 saturated heterocycles. The number of halogens is 1. The van der Waals surface area contributed by atoms with Crippen LogP contribution in [0.15, 0.2) is 18.2 Å². The van der Waals surface area contributed by atoms with E-state index >= 15 is 0 Å². The largest absolute Gasteiger partial charge is 0.237 e. The Kier molecular flexibility index (Phi) is 2.63. The fraction of sp³-hybridized carbons (Fsp3) is 0.364. The molecule has 0 spiro atoms. The average molecular weight is 193 g/mol. The van der Waals surface area contributed by atoms with Gasteiger partial charge in [0.2, 0.25) is 5.69 Å². The topological polar surface area (TPSA) is 4.36 Å². The van der Waals surface area contributed by atoms with Crippen molar-refractivity contribution in [3.63, 3.8) is 0 Å². The standard InChI is InChI=1S/C11H12ClN/c1-11(2,3)8-5-6-10(13-4)9(12)7-8/h5-7H,1-3H3/i4-1. The maximum Gasteiger partial charge on any atom is 0.205 e. The van der Waals surface area contributed by atoms with Gasteiger partial charge in [-0.25, -0.2) is 4.85 Å². The summed E-state index contributed by atoms with van der Waals surface area (Å²) in [5.41, 5.74) is 1.77. The van der Waals surface area contributed by atoms with Gasteiger partial charge < -0.3 is 0 Å². The van der Waals surface area contributed by atoms with Gasteiger partial charge in [-0.2, -0.15) is 0 Å². The lowest BCUT2D eigenvalue weighted by atomic mass is 9.87. The second kappa shape index (κ2) is 3.40. The predicted octanol–water partition coefficient (Wildman–Crippen LogP) is 4.19. The highest BCUT2D eigenvalue weighted by Gasteiger charge is 2.14. The Balaban J connectivity index is 3.20. The number of rotatable bonds is 0. The van der Waals surface area contributed by atoms with Crippen molar-refractivity contribution in [2.75, 3.05) is 0 Å². The van der Waals surface area contributed by atoms with E-state index in [1.807, 2.05) is 12.1 Å². The van der Waals surface area contributed by atoms with Crippen LogP contribution in [0.3, 0.4) is 0 Å². The molecule has 0 aliphatic heterocycles. The van der Waals surface area contributed by atoms with Crippen molar-refractivity contribution in [1.29, 1.82) is 0 Å². The van der Waals surface area contributed by atoms with Crippen molar-refractivity contribution in [1.82, 2.24) is 0 Å². The van der Waals surface area contributed by atoms with E-state index in [1.54, 1.807) is 6.07 Å². The van der Waals surface area contributed by atoms with Crippen molar-refractivity contribution < 1.29 is 0 Å². The molecule has 1 rings (SSSR count). The molecule has 1 aromatic rings. The van der Waals surface area contributed by atoms with Gasteiger partial charge >= 0.3 is 0 Å². The van der Waals surface area contributed by atoms with Crippen LogP contribution in [-0.4, -0.2) is 0 Å². The van der Waals surface area contributed by atoms with Crippen LogP contribution >= 0.6 is 11.6 Å². The summed E-state index contributed by atoms with van der Waals surface area (Å²) in [6.45, 7) is 13.2. The molecule has 0 aliphatic carbocycles. The summed E-state index contributed by atoms with van der Waals surface area (Å²) >= 11 is 5.92. The number of benzene rings is 1. The molecule has 68 valence electrons. The fourth-order valence-electron chi connectivity index (χ4n) is 1.06. The summed E-state index contributed by atoms with van der Waals surface area (Å²) in [6.07, 6.45) is 0. The first-order valence-electron chi connectivity index (χ1n) is 4.12. The van der Waals surface area contributed by atoms with Crippen LogP contribution in [0.25, 0.3) is 4.85 Å². The molecule has 0 fully saturated rings. The van der Waals surface area contributed by atoms with Crippen LogP contribution in [0.4, 0.5) is 5.69 Å². The van der Waals surface area contributed by atoms with E-state index < -0.39 is 0 Å². The zero-order chi connectivity index (χ0) is 10.1. The Morgan fingerprint density at radius 1 is 1.31 bits per heavy atom. The Morgan fingerprint density at radius 3 is 2.31 bits per heavy atom. The molecule has 1 nitrogen and oxygen atoms in total. The van der Waals surface area contributed by atoms with Crippen LogP contribution in [0.1, 0.15) is 26.3 Å². The summed E-state index contributed by atoms with van der Waals surface area (Å²) in [5, 5.41) is 0.544. The van der Waals surface area contributed by atoms with E-state index in [1.165, 1.54) is 0 Å². The van der Waals surface area contributed by atoms with Crippen LogP contribution in [0, 0.1) is 6.57 Å². The third-order valence-electron chi connectivity index (χ3n) is 1.93. The molecule has 0 heterocycles. The van der Waals surface area contributed by atoms with Gasteiger partial charge in [-0.1, -0.05) is 50.6 Å². The van der Waals surface area contributed by atoms with E-state index in [0.717, 1.165) is 5.56 Å². The maximum atomic E-state index is 6.85. The summed E-state index contributed by atoms with van der Waals surface area (Å²) in [6, 6.07) is 5.60. The van der Waals surface area contributed by atoms with Gasteiger partial charge in [0.1, 0.15) is 0 Å². The second-order valence-electron chi connectivity index (χ2n) is 4.03. The molecule has 0 aliphatic rings. The van der Waals surface area contributed by atoms with E-state index in [2.05, 4.69) is 25.6 Å². The van der Waals surface area contributed by atoms with Crippen molar-refractivity contribution in [3.8, 4) is 0 Å². The number of hydrogen-bond donors (Lipinski definition) is 0. The van der Waals surface area contributed by atoms with Gasteiger partial charge in [0.15, 0.2) is 0 Å². The quantitative estimate of drug-likeness (QED) is 0.543. The molecule has 0 N–H and O–H groups in total. The molecule has 0 bridgehead atoms. The molecular formula is C11H12ClN. The molecule has 0 aromatic heterocycles. The van der Waals surface area contributed by atoms with E-state index in [9.17, 15) is 0 Å². The lowest BCUT2D eigenvalue weighted by molar-refractivity contribution is 0.590. The van der Waals surface area contributed by atoms with Crippen LogP contribution in [-0.2, 0) is 5.41 Å². The summed E-state index contributed by atoms with van der Waals surface area (Å²) in [7, 11) is 0. The Bertz CT molecular complexity index is 355. The summed E-state index contributed by atoms with van der Waals surface area (Å²) in [4.78, 5) is 3.31. The monoisotopic (exact) mass is 192 g/mol. The molecule has 0 unspecified atom stereocenters. The van der Waals surface area contributed by atoms with Crippen molar-refractivity contribution in [2.45, 2.75) is 26.2 Å². The Morgan fingerprint density at radius 2 is 1.92 bits per heavy atom. The zero-order valence-electron chi connectivity index (χ0n) is 8.06. The molecule has 0 atom stereocenters. The highest BCUT2D eigenvalue weighted by atomic mass is 35.5. The van der Waals surface area contributed by atoms with E-state index in [-0.39, 0.29) is 5.41 Å². The third-order valence-corrected chi connectivity index (χ3v) is 2.24. The smallest absolute Gasteiger partial charge is 0.205 e. The van der Waals surface area contributed by atoms with Gasteiger partial charge in [-0.05, 0) is 11.0 Å². The minimum Gasteiger partial charge on any atom is -0.237 e. The van der Waals surface area contributed by atoms with E-state index in [0.29, 0.717) is 10.7 Å². The van der Waals surface area contributed by atoms with Crippen molar-refractivity contribution >= 4 is 17.3 Å². The van der Waals surface area contributed by atoms with Crippen LogP contribution in [0.5, 0.6) is 0 Å². The van der Waals surface area contributed by atoms with Crippen LogP contribution < -0.4 is 0 Å². The minimum absolute atomic E-state index is 0.0875. The number of nitrogens with zero attached hydrogens (tertiary/aromatic N) is 1. The lowest BCUT2D eigenvalue weighted by Crippen LogP contribution is -2.10. The van der Waals surface area contributed by atoms with Gasteiger partial charge in [-0.3, -0.25) is 0 Å². The third kappa shape index (κ3) is 2.23. The molecule has 2 heteroatoms. The van der Waals surface area contributed by atoms with Crippen LogP contribution in [0.2, 0.25) is 5.02 Å². The normalized spacial score (nSPS) is 11.0. The Hall–Kier alpha value is -1.00. The molecule has 0 saturated carbocycles. The summed E-state index contributed by atoms with van der Waals surface area (Å²) < 4.78 is 0. The van der Waals surface area contributed by atoms with E-state index in [4.69, 9.17) is 18.2 Å². The molecular weight excluding hydrogens is 181 g/mol. The van der Waals surface area contributed by atoms with Gasteiger partial charge in [0.05, 0.1) is 6.57 Å². The molecule has 0 amide bonds. The van der Waals surface area contributed by atoms with Crippen molar-refractivity contribution in [2.24, 2.45) is 0 Å². The molecule has 13 heavy (non-hydrogen) atoms. The first kappa shape index (κ1) is 10.1. The molecule has 0 radical (unpaired) electrons. The first-order valence-corrected chi connectivity index (χ1v) is 4.50. The van der Waals surface area contributed by atoms with Crippen molar-refractivity contribution in [3.05, 3.63) is 40.2 Å². The zero-order valence-corrected chi connectivity index (χ0v) is 8.81. The summed E-state index contributed by atoms with van der Waals surface area (Å²) in [5.74, 6) is 0. The van der Waals surface area contributed by atoms with Gasteiger partial charge in [-0.15, -0.1) is 0 Å². The number of hydrogen-bond acceptors (Lipinski definition) is 0. The fourth-order valence-corrected chi connectivity index (χ4v) is 1.29. The second-order valence-corrected chi connectivity index (χ2v) is 4.44. The lowest BCUT2D eigenvalue weighted by Gasteiger charge is -2.19. The van der Waals surface area contributed by atoms with Gasteiger partial charge in [0, 0.05) is 5.02 Å². The predicted molar refractivity (Wildman–Crippen MR) is 56.4 cm³/mol. The molecule has 1 aromatic carbocycles. The first-order chi connectivity index (χ1) is 5.95. The SMILES string of the molecule is CC(C)(C)c1ccc([N+]#[11C-])c(Cl)c1. The average Bonchev–Trinajstić information content (AvgIpc) is 2.02. The highest BCUT2D eigenvalue weighted by molar-refractivity contribution is 6.33. The maximum absolute atomic E-state index is 6.85. The Labute approximate surface area is 84.2 Å². The minimum atomic E-state index is 0.0875. The highest BCUT2D eigenvalue weighted by Crippen LogP contribution is 2.31. The van der Waals surface area contributed by atoms with Gasteiger partial charge in [0.25, 0.3) is 0 Å².